The molecular formula is C14H12ClN3O. The van der Waals surface area contributed by atoms with Gasteiger partial charge in [0.2, 0.25) is 0 Å². The van der Waals surface area contributed by atoms with Crippen molar-refractivity contribution in [3.8, 4) is 11.8 Å². The molecule has 0 aliphatic rings. The molecule has 0 atom stereocenters. The maximum absolute atomic E-state index is 8.82. The number of nitrogens with two attached hydrogens (primary N) is 1. The molecule has 5 heteroatoms. The van der Waals surface area contributed by atoms with Crippen molar-refractivity contribution in [3.63, 3.8) is 0 Å². The van der Waals surface area contributed by atoms with E-state index in [0.717, 1.165) is 11.4 Å². The lowest BCUT2D eigenvalue weighted by molar-refractivity contribution is 0.415. The number of nitriles is 1. The molecule has 0 aliphatic carbocycles. The van der Waals surface area contributed by atoms with Crippen LogP contribution in [-0.2, 0) is 0 Å². The van der Waals surface area contributed by atoms with E-state index >= 15 is 0 Å². The summed E-state index contributed by atoms with van der Waals surface area (Å²) in [5.41, 5.74) is 8.27. The van der Waals surface area contributed by atoms with Crippen LogP contribution in [0.5, 0.6) is 5.75 Å². The van der Waals surface area contributed by atoms with Crippen molar-refractivity contribution in [1.29, 1.82) is 5.26 Å². The molecule has 0 aromatic heterocycles. The standard InChI is InChI=1S/C14H12ClN3O/c1-19-14-7-11(4-5-12(14)15)18-10-3-2-9(8-16)13(17)6-10/h2-7,18H,17H2,1H3. The average molecular weight is 274 g/mol. The van der Waals surface area contributed by atoms with Crippen LogP contribution < -0.4 is 15.8 Å². The number of hydrogen-bond acceptors (Lipinski definition) is 4. The number of anilines is 3. The van der Waals surface area contributed by atoms with Crippen molar-refractivity contribution in [1.82, 2.24) is 0 Å². The van der Waals surface area contributed by atoms with Crippen LogP contribution >= 0.6 is 11.6 Å². The molecule has 0 fully saturated rings. The van der Waals surface area contributed by atoms with Crippen LogP contribution in [0.15, 0.2) is 36.4 Å². The van der Waals surface area contributed by atoms with Crippen LogP contribution in [0.4, 0.5) is 17.1 Å². The number of nitrogens with one attached hydrogen (secondary N) is 1. The number of nitrogens with zero attached hydrogens (tertiary/aromatic N) is 1. The van der Waals surface area contributed by atoms with Crippen LogP contribution in [0.1, 0.15) is 5.56 Å². The monoisotopic (exact) mass is 273 g/mol. The fourth-order valence-corrected chi connectivity index (χ4v) is 1.84. The number of ether oxygens (including phenoxy) is 1. The Morgan fingerprint density at radius 2 is 1.89 bits per heavy atom. The molecule has 0 bridgehead atoms. The van der Waals surface area contributed by atoms with E-state index in [0.29, 0.717) is 22.0 Å². The van der Waals surface area contributed by atoms with Gasteiger partial charge in [-0.15, -0.1) is 0 Å². The first kappa shape index (κ1) is 13.1. The summed E-state index contributed by atoms with van der Waals surface area (Å²) >= 11 is 5.96. The van der Waals surface area contributed by atoms with E-state index in [1.807, 2.05) is 12.1 Å². The summed E-state index contributed by atoms with van der Waals surface area (Å²) < 4.78 is 5.14. The molecule has 96 valence electrons. The number of rotatable bonds is 3. The molecule has 19 heavy (non-hydrogen) atoms. The minimum Gasteiger partial charge on any atom is -0.495 e. The molecule has 2 aromatic rings. The van der Waals surface area contributed by atoms with Gasteiger partial charge in [-0.2, -0.15) is 5.26 Å². The quantitative estimate of drug-likeness (QED) is 0.839. The van der Waals surface area contributed by atoms with E-state index in [4.69, 9.17) is 27.3 Å². The van der Waals surface area contributed by atoms with Crippen LogP contribution in [0, 0.1) is 11.3 Å². The summed E-state index contributed by atoms with van der Waals surface area (Å²) in [5.74, 6) is 0.591. The Kier molecular flexibility index (Phi) is 3.79. The SMILES string of the molecule is COc1cc(Nc2ccc(C#N)c(N)c2)ccc1Cl. The van der Waals surface area contributed by atoms with Gasteiger partial charge in [-0.1, -0.05) is 11.6 Å². The Hall–Kier alpha value is -2.38. The van der Waals surface area contributed by atoms with Crippen molar-refractivity contribution in [2.75, 3.05) is 18.2 Å². The predicted octanol–water partition coefficient (Wildman–Crippen LogP) is 3.55. The van der Waals surface area contributed by atoms with E-state index in [9.17, 15) is 0 Å². The zero-order valence-electron chi connectivity index (χ0n) is 10.3. The maximum atomic E-state index is 8.82. The van der Waals surface area contributed by atoms with Gasteiger partial charge in [-0.25, -0.2) is 0 Å². The third-order valence-corrected chi connectivity index (χ3v) is 2.92. The molecule has 0 unspecified atom stereocenters. The van der Waals surface area contributed by atoms with Gasteiger partial charge in [-0.05, 0) is 30.3 Å². The first-order valence-corrected chi connectivity index (χ1v) is 5.92. The van der Waals surface area contributed by atoms with Gasteiger partial charge < -0.3 is 15.8 Å². The van der Waals surface area contributed by atoms with E-state index in [1.54, 1.807) is 37.4 Å². The molecule has 0 saturated carbocycles. The van der Waals surface area contributed by atoms with Crippen LogP contribution in [-0.4, -0.2) is 7.11 Å². The van der Waals surface area contributed by atoms with Crippen molar-refractivity contribution < 1.29 is 4.74 Å². The first-order valence-electron chi connectivity index (χ1n) is 5.54. The lowest BCUT2D eigenvalue weighted by Gasteiger charge is -2.10. The third kappa shape index (κ3) is 2.90. The molecule has 0 aliphatic heterocycles. The smallest absolute Gasteiger partial charge is 0.139 e. The molecule has 0 saturated heterocycles. The molecule has 0 radical (unpaired) electrons. The fraction of sp³-hybridized carbons (Fsp3) is 0.0714. The normalized spacial score (nSPS) is 9.74. The highest BCUT2D eigenvalue weighted by Crippen LogP contribution is 2.29. The van der Waals surface area contributed by atoms with Gasteiger partial charge >= 0.3 is 0 Å². The number of hydrogen-bond donors (Lipinski definition) is 2. The Balaban J connectivity index is 2.26. The number of nitrogen functional groups attached to an aromatic ring is 1. The second-order valence-corrected chi connectivity index (χ2v) is 4.30. The molecule has 3 N–H and O–H groups in total. The van der Waals surface area contributed by atoms with Crippen LogP contribution in [0.25, 0.3) is 0 Å². The fourth-order valence-electron chi connectivity index (χ4n) is 1.65. The lowest BCUT2D eigenvalue weighted by atomic mass is 10.1. The highest BCUT2D eigenvalue weighted by atomic mass is 35.5. The minimum absolute atomic E-state index is 0.438. The Labute approximate surface area is 116 Å². The van der Waals surface area contributed by atoms with Crippen molar-refractivity contribution in [2.24, 2.45) is 0 Å². The zero-order valence-corrected chi connectivity index (χ0v) is 11.0. The van der Waals surface area contributed by atoms with E-state index in [-0.39, 0.29) is 0 Å². The van der Waals surface area contributed by atoms with E-state index in [1.165, 1.54) is 0 Å². The largest absolute Gasteiger partial charge is 0.495 e. The molecule has 0 spiro atoms. The zero-order chi connectivity index (χ0) is 13.8. The minimum atomic E-state index is 0.438. The number of methoxy groups -OCH3 is 1. The Bertz CT molecular complexity index is 641. The number of halogens is 1. The maximum Gasteiger partial charge on any atom is 0.139 e. The highest BCUT2D eigenvalue weighted by Gasteiger charge is 2.04. The average Bonchev–Trinajstić information content (AvgIpc) is 2.41. The van der Waals surface area contributed by atoms with Crippen molar-refractivity contribution in [2.45, 2.75) is 0 Å². The van der Waals surface area contributed by atoms with Crippen molar-refractivity contribution in [3.05, 3.63) is 47.0 Å². The van der Waals surface area contributed by atoms with Crippen LogP contribution in [0.3, 0.4) is 0 Å². The summed E-state index contributed by atoms with van der Waals surface area (Å²) in [7, 11) is 1.56. The molecule has 4 nitrogen and oxygen atoms in total. The summed E-state index contributed by atoms with van der Waals surface area (Å²) in [4.78, 5) is 0. The summed E-state index contributed by atoms with van der Waals surface area (Å²) in [6, 6.07) is 12.6. The molecule has 0 heterocycles. The van der Waals surface area contributed by atoms with Gasteiger partial charge in [-0.3, -0.25) is 0 Å². The van der Waals surface area contributed by atoms with Gasteiger partial charge in [0.15, 0.2) is 0 Å². The third-order valence-electron chi connectivity index (χ3n) is 2.61. The molecular weight excluding hydrogens is 262 g/mol. The Morgan fingerprint density at radius 3 is 2.53 bits per heavy atom. The van der Waals surface area contributed by atoms with Gasteiger partial charge in [0.05, 0.1) is 23.4 Å². The van der Waals surface area contributed by atoms with Gasteiger partial charge in [0.25, 0.3) is 0 Å². The molecule has 2 aromatic carbocycles. The second-order valence-electron chi connectivity index (χ2n) is 3.89. The Morgan fingerprint density at radius 1 is 1.21 bits per heavy atom. The van der Waals surface area contributed by atoms with E-state index < -0.39 is 0 Å². The van der Waals surface area contributed by atoms with E-state index in [2.05, 4.69) is 5.32 Å². The lowest BCUT2D eigenvalue weighted by Crippen LogP contribution is -1.95. The van der Waals surface area contributed by atoms with Crippen LogP contribution in [0.2, 0.25) is 5.02 Å². The summed E-state index contributed by atoms with van der Waals surface area (Å²) in [6.07, 6.45) is 0. The van der Waals surface area contributed by atoms with Gasteiger partial charge in [0.1, 0.15) is 11.8 Å². The first-order chi connectivity index (χ1) is 9.13. The predicted molar refractivity (Wildman–Crippen MR) is 76.9 cm³/mol. The summed E-state index contributed by atoms with van der Waals surface area (Å²) in [6.45, 7) is 0. The van der Waals surface area contributed by atoms with Crippen molar-refractivity contribution >= 4 is 28.7 Å². The topological polar surface area (TPSA) is 71.1 Å². The second kappa shape index (κ2) is 5.51. The van der Waals surface area contributed by atoms with Gasteiger partial charge in [0, 0.05) is 17.4 Å². The molecule has 2 rings (SSSR count). The highest BCUT2D eigenvalue weighted by molar-refractivity contribution is 6.32. The molecule has 0 amide bonds. The summed E-state index contributed by atoms with van der Waals surface area (Å²) in [5, 5.41) is 12.5. The number of benzene rings is 2.